The summed E-state index contributed by atoms with van der Waals surface area (Å²) in [6.07, 6.45) is 2.33. The molecule has 5 heteroatoms. The van der Waals surface area contributed by atoms with Gasteiger partial charge in [-0.15, -0.1) is 0 Å². The standard InChI is InChI=1S/C24H33N3O2/c1-18-17-28-14-13-26(18)20-15-22(25-23(16-20)29-24(2,3)4)27-12-8-11-21(27)19-9-6-5-7-10-19/h5-7,9-10,15-16,18,21H,8,11-14,17H2,1-4H3. The summed E-state index contributed by atoms with van der Waals surface area (Å²) < 4.78 is 11.9. The second-order valence-electron chi connectivity index (χ2n) is 9.12. The molecule has 0 aliphatic carbocycles. The number of anilines is 2. The quantitative estimate of drug-likeness (QED) is 0.742. The van der Waals surface area contributed by atoms with Gasteiger partial charge in [-0.2, -0.15) is 4.98 Å². The van der Waals surface area contributed by atoms with Gasteiger partial charge < -0.3 is 19.3 Å². The summed E-state index contributed by atoms with van der Waals surface area (Å²) in [7, 11) is 0. The Morgan fingerprint density at radius 1 is 1.07 bits per heavy atom. The van der Waals surface area contributed by atoms with Crippen LogP contribution in [0.5, 0.6) is 5.88 Å². The fraction of sp³-hybridized carbons (Fsp3) is 0.542. The Balaban J connectivity index is 1.71. The van der Waals surface area contributed by atoms with Crippen molar-refractivity contribution in [3.05, 3.63) is 48.0 Å². The molecule has 1 aromatic carbocycles. The molecule has 0 bridgehead atoms. The van der Waals surface area contributed by atoms with Crippen LogP contribution in [0.15, 0.2) is 42.5 Å². The van der Waals surface area contributed by atoms with Crippen molar-refractivity contribution in [2.45, 2.75) is 58.2 Å². The minimum atomic E-state index is -0.288. The lowest BCUT2D eigenvalue weighted by molar-refractivity contribution is 0.0986. The molecule has 0 saturated carbocycles. The third-order valence-electron chi connectivity index (χ3n) is 5.61. The third-order valence-corrected chi connectivity index (χ3v) is 5.61. The van der Waals surface area contributed by atoms with E-state index in [1.807, 2.05) is 0 Å². The lowest BCUT2D eigenvalue weighted by Gasteiger charge is -2.36. The van der Waals surface area contributed by atoms with Crippen LogP contribution < -0.4 is 14.5 Å². The van der Waals surface area contributed by atoms with Crippen LogP contribution in [0, 0.1) is 0 Å². The van der Waals surface area contributed by atoms with Crippen LogP contribution in [0.4, 0.5) is 11.5 Å². The summed E-state index contributed by atoms with van der Waals surface area (Å²) in [5, 5.41) is 0. The van der Waals surface area contributed by atoms with Crippen molar-refractivity contribution in [2.24, 2.45) is 0 Å². The molecule has 29 heavy (non-hydrogen) atoms. The molecule has 2 fully saturated rings. The van der Waals surface area contributed by atoms with Crippen LogP contribution >= 0.6 is 0 Å². The number of morpholine rings is 1. The van der Waals surface area contributed by atoms with Gasteiger partial charge in [0.05, 0.1) is 19.3 Å². The molecule has 2 saturated heterocycles. The Kier molecular flexibility index (Phi) is 5.68. The van der Waals surface area contributed by atoms with Gasteiger partial charge in [0.15, 0.2) is 0 Å². The number of ether oxygens (including phenoxy) is 2. The minimum Gasteiger partial charge on any atom is -0.472 e. The topological polar surface area (TPSA) is 37.8 Å². The van der Waals surface area contributed by atoms with Crippen LogP contribution in [0.2, 0.25) is 0 Å². The van der Waals surface area contributed by atoms with E-state index in [1.54, 1.807) is 0 Å². The van der Waals surface area contributed by atoms with E-state index < -0.39 is 0 Å². The number of aromatic nitrogens is 1. The van der Waals surface area contributed by atoms with Crippen LogP contribution in [0.25, 0.3) is 0 Å². The molecule has 2 unspecified atom stereocenters. The van der Waals surface area contributed by atoms with Gasteiger partial charge in [-0.25, -0.2) is 0 Å². The Bertz CT molecular complexity index is 819. The molecule has 0 N–H and O–H groups in total. The van der Waals surface area contributed by atoms with E-state index >= 15 is 0 Å². The highest BCUT2D eigenvalue weighted by atomic mass is 16.5. The van der Waals surface area contributed by atoms with Gasteiger partial charge in [0, 0.05) is 37.0 Å². The first kappa shape index (κ1) is 20.0. The Labute approximate surface area is 174 Å². The number of pyridine rings is 1. The summed E-state index contributed by atoms with van der Waals surface area (Å²) in [5.74, 6) is 1.70. The van der Waals surface area contributed by atoms with Gasteiger partial charge in [-0.1, -0.05) is 30.3 Å². The summed E-state index contributed by atoms with van der Waals surface area (Å²) in [5.41, 5.74) is 2.24. The Morgan fingerprint density at radius 3 is 2.59 bits per heavy atom. The highest BCUT2D eigenvalue weighted by Gasteiger charge is 2.29. The van der Waals surface area contributed by atoms with Crippen LogP contribution in [-0.4, -0.2) is 42.9 Å². The first-order valence-corrected chi connectivity index (χ1v) is 10.8. The highest BCUT2D eigenvalue weighted by Crippen LogP contribution is 2.38. The van der Waals surface area contributed by atoms with Crippen molar-refractivity contribution in [3.63, 3.8) is 0 Å². The molecule has 156 valence electrons. The molecule has 2 aromatic rings. The van der Waals surface area contributed by atoms with E-state index in [0.29, 0.717) is 18.0 Å². The maximum absolute atomic E-state index is 6.21. The second-order valence-corrected chi connectivity index (χ2v) is 9.12. The van der Waals surface area contributed by atoms with Crippen molar-refractivity contribution in [3.8, 4) is 5.88 Å². The maximum atomic E-state index is 6.21. The normalized spacial score (nSPS) is 22.8. The molecule has 3 heterocycles. The SMILES string of the molecule is CC1COCCN1c1cc(OC(C)(C)C)nc(N2CCCC2c2ccccc2)c1. The number of hydrogen-bond donors (Lipinski definition) is 0. The molecular weight excluding hydrogens is 362 g/mol. The minimum absolute atomic E-state index is 0.288. The van der Waals surface area contributed by atoms with Crippen LogP contribution in [-0.2, 0) is 4.74 Å². The molecule has 0 spiro atoms. The average molecular weight is 396 g/mol. The first-order chi connectivity index (χ1) is 13.9. The molecule has 0 amide bonds. The van der Waals surface area contributed by atoms with Crippen molar-refractivity contribution >= 4 is 11.5 Å². The summed E-state index contributed by atoms with van der Waals surface area (Å²) >= 11 is 0. The molecule has 1 aromatic heterocycles. The summed E-state index contributed by atoms with van der Waals surface area (Å²) in [4.78, 5) is 9.80. The van der Waals surface area contributed by atoms with E-state index in [2.05, 4.69) is 80.0 Å². The van der Waals surface area contributed by atoms with Gasteiger partial charge in [0.25, 0.3) is 0 Å². The monoisotopic (exact) mass is 395 g/mol. The zero-order chi connectivity index (χ0) is 20.4. The van der Waals surface area contributed by atoms with E-state index in [4.69, 9.17) is 14.5 Å². The van der Waals surface area contributed by atoms with E-state index in [0.717, 1.165) is 38.5 Å². The Hall–Kier alpha value is -2.27. The van der Waals surface area contributed by atoms with Gasteiger partial charge >= 0.3 is 0 Å². The number of benzene rings is 1. The van der Waals surface area contributed by atoms with E-state index in [-0.39, 0.29) is 5.60 Å². The number of hydrogen-bond acceptors (Lipinski definition) is 5. The Morgan fingerprint density at radius 2 is 1.86 bits per heavy atom. The third kappa shape index (κ3) is 4.67. The fourth-order valence-electron chi connectivity index (χ4n) is 4.33. The largest absolute Gasteiger partial charge is 0.472 e. The predicted molar refractivity (Wildman–Crippen MR) is 118 cm³/mol. The van der Waals surface area contributed by atoms with E-state index in [1.165, 1.54) is 17.7 Å². The molecule has 5 nitrogen and oxygen atoms in total. The van der Waals surface area contributed by atoms with Crippen molar-refractivity contribution in [1.29, 1.82) is 0 Å². The number of rotatable bonds is 4. The first-order valence-electron chi connectivity index (χ1n) is 10.8. The predicted octanol–water partition coefficient (Wildman–Crippen LogP) is 4.83. The second kappa shape index (κ2) is 8.23. The maximum Gasteiger partial charge on any atom is 0.217 e. The van der Waals surface area contributed by atoms with E-state index in [9.17, 15) is 0 Å². The summed E-state index contributed by atoms with van der Waals surface area (Å²) in [6, 6.07) is 15.8. The van der Waals surface area contributed by atoms with Gasteiger partial charge in [0.2, 0.25) is 5.88 Å². The highest BCUT2D eigenvalue weighted by molar-refractivity contribution is 5.60. The van der Waals surface area contributed by atoms with Crippen LogP contribution in [0.1, 0.15) is 52.1 Å². The van der Waals surface area contributed by atoms with Crippen molar-refractivity contribution < 1.29 is 9.47 Å². The molecule has 2 aliphatic rings. The molecule has 0 radical (unpaired) electrons. The summed E-state index contributed by atoms with van der Waals surface area (Å²) in [6.45, 7) is 11.8. The lowest BCUT2D eigenvalue weighted by atomic mass is 10.0. The molecule has 4 rings (SSSR count). The van der Waals surface area contributed by atoms with Crippen LogP contribution in [0.3, 0.4) is 0 Å². The molecule has 2 atom stereocenters. The van der Waals surface area contributed by atoms with Gasteiger partial charge in [-0.3, -0.25) is 0 Å². The average Bonchev–Trinajstić information content (AvgIpc) is 3.17. The van der Waals surface area contributed by atoms with Crippen molar-refractivity contribution in [2.75, 3.05) is 36.1 Å². The van der Waals surface area contributed by atoms with Crippen molar-refractivity contribution in [1.82, 2.24) is 4.98 Å². The lowest BCUT2D eigenvalue weighted by Crippen LogP contribution is -2.43. The smallest absolute Gasteiger partial charge is 0.217 e. The molecule has 2 aliphatic heterocycles. The zero-order valence-electron chi connectivity index (χ0n) is 18.1. The molecular formula is C24H33N3O2. The zero-order valence-corrected chi connectivity index (χ0v) is 18.1. The fourth-order valence-corrected chi connectivity index (χ4v) is 4.33. The van der Waals surface area contributed by atoms with Gasteiger partial charge in [-0.05, 0) is 46.1 Å². The number of nitrogens with zero attached hydrogens (tertiary/aromatic N) is 3. The van der Waals surface area contributed by atoms with Gasteiger partial charge in [0.1, 0.15) is 11.4 Å².